The number of hydrogen-bond donors (Lipinski definition) is 3. The molecule has 2 amide bonds. The van der Waals surface area contributed by atoms with E-state index >= 15 is 0 Å². The lowest BCUT2D eigenvalue weighted by atomic mass is 10.3. The van der Waals surface area contributed by atoms with Gasteiger partial charge in [-0.05, 0) is 6.07 Å². The monoisotopic (exact) mass is 286 g/mol. The van der Waals surface area contributed by atoms with Gasteiger partial charge in [0.2, 0.25) is 11.8 Å². The van der Waals surface area contributed by atoms with Gasteiger partial charge in [-0.3, -0.25) is 19.7 Å². The molecule has 0 atom stereocenters. The van der Waals surface area contributed by atoms with Gasteiger partial charge in [-0.25, -0.2) is 0 Å². The molecule has 0 unspecified atom stereocenters. The molecular weight excluding hydrogens is 276 g/mol. The fraction of sp³-hybridized carbons (Fsp3) is 0.200. The molecular formula is C10H11ClN4O4. The van der Waals surface area contributed by atoms with E-state index in [1.165, 1.54) is 12.1 Å². The number of halogens is 1. The fourth-order valence-electron chi connectivity index (χ4n) is 1.16. The van der Waals surface area contributed by atoms with Crippen molar-refractivity contribution < 1.29 is 14.5 Å². The Bertz CT molecular complexity index is 520. The van der Waals surface area contributed by atoms with Gasteiger partial charge in [0.05, 0.1) is 28.7 Å². The summed E-state index contributed by atoms with van der Waals surface area (Å²) in [5.41, 5.74) is 5.09. The highest BCUT2D eigenvalue weighted by molar-refractivity contribution is 6.34. The summed E-state index contributed by atoms with van der Waals surface area (Å²) in [6.45, 7) is -0.477. The first-order valence-electron chi connectivity index (χ1n) is 5.14. The predicted molar refractivity (Wildman–Crippen MR) is 68.8 cm³/mol. The summed E-state index contributed by atoms with van der Waals surface area (Å²) in [7, 11) is 0. The van der Waals surface area contributed by atoms with Gasteiger partial charge in [0, 0.05) is 12.1 Å². The Labute approximate surface area is 113 Å². The van der Waals surface area contributed by atoms with Crippen LogP contribution in [0.3, 0.4) is 0 Å². The maximum absolute atomic E-state index is 11.4. The summed E-state index contributed by atoms with van der Waals surface area (Å²) in [6.07, 6.45) is 0. The number of nitrogens with two attached hydrogens (primary N) is 1. The molecule has 0 bridgehead atoms. The number of anilines is 1. The zero-order chi connectivity index (χ0) is 14.4. The number of nitro groups is 1. The van der Waals surface area contributed by atoms with Gasteiger partial charge in [0.15, 0.2) is 0 Å². The second-order valence-electron chi connectivity index (χ2n) is 3.45. The number of nitrogens with one attached hydrogen (secondary N) is 2. The van der Waals surface area contributed by atoms with Crippen LogP contribution in [0.25, 0.3) is 0 Å². The van der Waals surface area contributed by atoms with E-state index in [9.17, 15) is 19.7 Å². The van der Waals surface area contributed by atoms with Crippen molar-refractivity contribution in [1.82, 2.24) is 5.32 Å². The first-order valence-corrected chi connectivity index (χ1v) is 5.52. The number of nitrogens with zero attached hydrogens (tertiary/aromatic N) is 1. The Morgan fingerprint density at radius 3 is 2.58 bits per heavy atom. The standard InChI is InChI=1S/C10H11ClN4O4/c11-7-3-6(15(18)19)1-2-8(7)14-10(17)5-13-9(16)4-12/h1-3H,4-5,12H2,(H,13,16)(H,14,17). The highest BCUT2D eigenvalue weighted by Gasteiger charge is 2.11. The van der Waals surface area contributed by atoms with E-state index in [0.29, 0.717) is 0 Å². The maximum Gasteiger partial charge on any atom is 0.271 e. The van der Waals surface area contributed by atoms with Crippen molar-refractivity contribution in [2.75, 3.05) is 18.4 Å². The number of benzene rings is 1. The lowest BCUT2D eigenvalue weighted by Crippen LogP contribution is -2.36. The molecule has 4 N–H and O–H groups in total. The predicted octanol–water partition coefficient (Wildman–Crippen LogP) is 0.262. The van der Waals surface area contributed by atoms with Gasteiger partial charge in [0.1, 0.15) is 0 Å². The van der Waals surface area contributed by atoms with E-state index < -0.39 is 16.7 Å². The summed E-state index contributed by atoms with van der Waals surface area (Å²) in [5.74, 6) is -0.984. The molecule has 0 saturated carbocycles. The Hall–Kier alpha value is -2.19. The molecule has 0 aromatic heterocycles. The molecule has 0 fully saturated rings. The summed E-state index contributed by atoms with van der Waals surface area (Å²) < 4.78 is 0. The van der Waals surface area contributed by atoms with Crippen molar-refractivity contribution in [3.05, 3.63) is 33.3 Å². The van der Waals surface area contributed by atoms with Crippen molar-refractivity contribution in [3.8, 4) is 0 Å². The fourth-order valence-corrected chi connectivity index (χ4v) is 1.39. The molecule has 0 aliphatic carbocycles. The SMILES string of the molecule is NCC(=O)NCC(=O)Nc1ccc([N+](=O)[O-])cc1Cl. The van der Waals surface area contributed by atoms with Crippen LogP contribution in [0, 0.1) is 10.1 Å². The minimum absolute atomic E-state index is 0.0349. The normalized spacial score (nSPS) is 9.79. The molecule has 0 heterocycles. The maximum atomic E-state index is 11.4. The molecule has 1 aromatic carbocycles. The zero-order valence-corrected chi connectivity index (χ0v) is 10.4. The van der Waals surface area contributed by atoms with E-state index in [-0.39, 0.29) is 29.5 Å². The number of nitro benzene ring substituents is 1. The van der Waals surface area contributed by atoms with Crippen molar-refractivity contribution in [3.63, 3.8) is 0 Å². The van der Waals surface area contributed by atoms with Crippen LogP contribution in [0.4, 0.5) is 11.4 Å². The Balaban J connectivity index is 2.64. The number of carbonyl (C=O) groups excluding carboxylic acids is 2. The number of hydrogen-bond acceptors (Lipinski definition) is 5. The smallest absolute Gasteiger partial charge is 0.271 e. The van der Waals surface area contributed by atoms with Crippen molar-refractivity contribution in [2.24, 2.45) is 5.73 Å². The minimum Gasteiger partial charge on any atom is -0.346 e. The Morgan fingerprint density at radius 1 is 1.37 bits per heavy atom. The van der Waals surface area contributed by atoms with E-state index in [1.807, 2.05) is 0 Å². The first kappa shape index (κ1) is 14.9. The Morgan fingerprint density at radius 2 is 2.05 bits per heavy atom. The number of carbonyl (C=O) groups is 2. The summed E-state index contributed by atoms with van der Waals surface area (Å²) in [5, 5.41) is 15.2. The largest absolute Gasteiger partial charge is 0.346 e. The van der Waals surface area contributed by atoms with Gasteiger partial charge >= 0.3 is 0 Å². The molecule has 9 heteroatoms. The molecule has 0 saturated heterocycles. The average Bonchev–Trinajstić information content (AvgIpc) is 2.38. The molecule has 0 radical (unpaired) electrons. The molecule has 8 nitrogen and oxygen atoms in total. The second kappa shape index (κ2) is 6.66. The molecule has 0 aliphatic rings. The topological polar surface area (TPSA) is 127 Å². The van der Waals surface area contributed by atoms with Crippen LogP contribution >= 0.6 is 11.6 Å². The van der Waals surface area contributed by atoms with Crippen LogP contribution in [0.15, 0.2) is 18.2 Å². The number of non-ortho nitro benzene ring substituents is 1. The zero-order valence-electron chi connectivity index (χ0n) is 9.68. The van der Waals surface area contributed by atoms with Gasteiger partial charge in [-0.1, -0.05) is 11.6 Å². The Kier molecular flexibility index (Phi) is 5.22. The molecule has 0 aliphatic heterocycles. The summed E-state index contributed by atoms with van der Waals surface area (Å²) in [4.78, 5) is 32.2. The van der Waals surface area contributed by atoms with Gasteiger partial charge < -0.3 is 16.4 Å². The van der Waals surface area contributed by atoms with Crippen LogP contribution in [0.5, 0.6) is 0 Å². The van der Waals surface area contributed by atoms with Gasteiger partial charge in [-0.2, -0.15) is 0 Å². The first-order chi connectivity index (χ1) is 8.93. The lowest BCUT2D eigenvalue weighted by Gasteiger charge is -2.07. The average molecular weight is 287 g/mol. The van der Waals surface area contributed by atoms with Crippen molar-refractivity contribution in [1.29, 1.82) is 0 Å². The van der Waals surface area contributed by atoms with Gasteiger partial charge in [0.25, 0.3) is 5.69 Å². The van der Waals surface area contributed by atoms with Gasteiger partial charge in [-0.15, -0.1) is 0 Å². The minimum atomic E-state index is -0.598. The quantitative estimate of drug-likeness (QED) is 0.528. The van der Waals surface area contributed by atoms with E-state index in [0.717, 1.165) is 6.07 Å². The molecule has 19 heavy (non-hydrogen) atoms. The third-order valence-electron chi connectivity index (χ3n) is 2.07. The lowest BCUT2D eigenvalue weighted by molar-refractivity contribution is -0.384. The van der Waals surface area contributed by atoms with Crippen LogP contribution in [0.2, 0.25) is 5.02 Å². The molecule has 1 aromatic rings. The van der Waals surface area contributed by atoms with Crippen LogP contribution < -0.4 is 16.4 Å². The van der Waals surface area contributed by atoms with Crippen molar-refractivity contribution >= 4 is 34.8 Å². The van der Waals surface area contributed by atoms with E-state index in [1.54, 1.807) is 0 Å². The summed E-state index contributed by atoms with van der Waals surface area (Å²) >= 11 is 5.78. The molecule has 102 valence electrons. The van der Waals surface area contributed by atoms with Crippen molar-refractivity contribution in [2.45, 2.75) is 0 Å². The van der Waals surface area contributed by atoms with E-state index in [2.05, 4.69) is 10.6 Å². The number of rotatable bonds is 5. The summed E-state index contributed by atoms with van der Waals surface area (Å²) in [6, 6.07) is 3.64. The third-order valence-corrected chi connectivity index (χ3v) is 2.38. The second-order valence-corrected chi connectivity index (χ2v) is 3.86. The highest BCUT2D eigenvalue weighted by atomic mass is 35.5. The van der Waals surface area contributed by atoms with Crippen LogP contribution in [-0.4, -0.2) is 29.8 Å². The number of amides is 2. The molecule has 0 spiro atoms. The third kappa shape index (κ3) is 4.53. The highest BCUT2D eigenvalue weighted by Crippen LogP contribution is 2.26. The van der Waals surface area contributed by atoms with E-state index in [4.69, 9.17) is 17.3 Å². The van der Waals surface area contributed by atoms with Crippen LogP contribution in [-0.2, 0) is 9.59 Å². The molecule has 1 rings (SSSR count). The van der Waals surface area contributed by atoms with Crippen LogP contribution in [0.1, 0.15) is 0 Å².